The predicted molar refractivity (Wildman–Crippen MR) is 142 cm³/mol. The molecular weight excluding hydrogens is 410 g/mol. The van der Waals surface area contributed by atoms with Crippen LogP contribution in [0.25, 0.3) is 0 Å². The summed E-state index contributed by atoms with van der Waals surface area (Å²) in [6, 6.07) is 0. The molecule has 0 saturated heterocycles. The van der Waals surface area contributed by atoms with Crippen LogP contribution in [0.15, 0.2) is 0 Å². The Labute approximate surface area is 205 Å². The van der Waals surface area contributed by atoms with Gasteiger partial charge in [-0.3, -0.25) is 9.59 Å². The van der Waals surface area contributed by atoms with Gasteiger partial charge in [0.25, 0.3) is 0 Å². The minimum atomic E-state index is -1.36. The average Bonchev–Trinajstić information content (AvgIpc) is 2.81. The maximum Gasteiger partial charge on any atom is 0.318 e. The number of ketones is 1. The Kier molecular flexibility index (Phi) is 22.2. The van der Waals surface area contributed by atoms with E-state index in [2.05, 4.69) is 13.8 Å². The molecule has 33 heavy (non-hydrogen) atoms. The minimum absolute atomic E-state index is 0.0728. The summed E-state index contributed by atoms with van der Waals surface area (Å²) in [6.45, 7) is 4.41. The summed E-state index contributed by atoms with van der Waals surface area (Å²) in [5, 5.41) is 9.81. The Morgan fingerprint density at radius 3 is 1.24 bits per heavy atom. The van der Waals surface area contributed by atoms with E-state index in [-0.39, 0.29) is 12.3 Å². The zero-order valence-corrected chi connectivity index (χ0v) is 22.3. The van der Waals surface area contributed by atoms with Gasteiger partial charge in [0.2, 0.25) is 0 Å². The van der Waals surface area contributed by atoms with E-state index in [1.807, 2.05) is 0 Å². The Morgan fingerprint density at radius 2 is 0.909 bits per heavy atom. The molecule has 0 aromatic rings. The van der Waals surface area contributed by atoms with Crippen LogP contribution in [0, 0.1) is 5.41 Å². The van der Waals surface area contributed by atoms with Gasteiger partial charge in [0.05, 0.1) is 0 Å². The molecule has 0 bridgehead atoms. The van der Waals surface area contributed by atoms with Crippen molar-refractivity contribution in [3.05, 3.63) is 0 Å². The number of carbonyl (C=O) groups excluding carboxylic acids is 1. The number of rotatable bonds is 26. The van der Waals surface area contributed by atoms with Gasteiger partial charge in [0.1, 0.15) is 5.41 Å². The first-order valence-corrected chi connectivity index (χ1v) is 14.5. The molecule has 1 unspecified atom stereocenters. The number of hydrogen-bond donors (Lipinski definition) is 2. The van der Waals surface area contributed by atoms with Crippen molar-refractivity contribution in [1.82, 2.24) is 0 Å². The van der Waals surface area contributed by atoms with Crippen molar-refractivity contribution < 1.29 is 14.7 Å². The Balaban J connectivity index is 3.98. The van der Waals surface area contributed by atoms with E-state index in [0.29, 0.717) is 12.8 Å². The third kappa shape index (κ3) is 16.4. The quantitative estimate of drug-likeness (QED) is 0.0985. The monoisotopic (exact) mass is 467 g/mol. The topological polar surface area (TPSA) is 80.4 Å². The first kappa shape index (κ1) is 32.1. The molecule has 0 rings (SSSR count). The first-order valence-electron chi connectivity index (χ1n) is 14.5. The molecule has 0 heterocycles. The molecule has 0 amide bonds. The van der Waals surface area contributed by atoms with Crippen molar-refractivity contribution in [3.63, 3.8) is 0 Å². The molecule has 0 aliphatic rings. The summed E-state index contributed by atoms with van der Waals surface area (Å²) in [6.07, 6.45) is 26.2. The number of aliphatic carboxylic acids is 1. The minimum Gasteiger partial charge on any atom is -0.480 e. The van der Waals surface area contributed by atoms with Crippen LogP contribution in [-0.2, 0) is 9.59 Å². The van der Waals surface area contributed by atoms with Gasteiger partial charge in [-0.15, -0.1) is 0 Å². The van der Waals surface area contributed by atoms with Gasteiger partial charge < -0.3 is 10.8 Å². The molecule has 1 atom stereocenters. The molecule has 0 aromatic heterocycles. The van der Waals surface area contributed by atoms with E-state index in [0.717, 1.165) is 38.5 Å². The largest absolute Gasteiger partial charge is 0.480 e. The number of Topliss-reactive ketones (excluding diaryl/α,β-unsaturated/α-hetero) is 1. The van der Waals surface area contributed by atoms with Crippen molar-refractivity contribution in [2.24, 2.45) is 11.1 Å². The molecule has 0 saturated carbocycles. The number of unbranched alkanes of at least 4 members (excludes halogenated alkanes) is 19. The highest BCUT2D eigenvalue weighted by Gasteiger charge is 2.43. The molecule has 0 aliphatic heterocycles. The van der Waals surface area contributed by atoms with E-state index in [9.17, 15) is 14.7 Å². The zero-order valence-electron chi connectivity index (χ0n) is 22.3. The van der Waals surface area contributed by atoms with Crippen molar-refractivity contribution in [1.29, 1.82) is 0 Å². The van der Waals surface area contributed by atoms with Crippen molar-refractivity contribution in [2.75, 3.05) is 6.54 Å². The fourth-order valence-electron chi connectivity index (χ4n) is 4.77. The van der Waals surface area contributed by atoms with Crippen LogP contribution in [0.1, 0.15) is 162 Å². The summed E-state index contributed by atoms with van der Waals surface area (Å²) in [4.78, 5) is 24.8. The number of carboxylic acid groups (broad SMARTS) is 1. The first-order chi connectivity index (χ1) is 16.0. The van der Waals surface area contributed by atoms with Crippen LogP contribution in [0.3, 0.4) is 0 Å². The summed E-state index contributed by atoms with van der Waals surface area (Å²) in [5.41, 5.74) is 4.49. The standard InChI is InChI=1S/C29H57NO3/c1-3-5-7-9-11-13-15-16-18-20-22-24-27(31)29(26-30,28(32)33)25-23-21-19-17-14-12-10-8-6-4-2/h3-26,30H2,1-2H3,(H,32,33). The average molecular weight is 468 g/mol. The van der Waals surface area contributed by atoms with E-state index in [1.165, 1.54) is 96.3 Å². The van der Waals surface area contributed by atoms with Gasteiger partial charge in [-0.1, -0.05) is 142 Å². The predicted octanol–water partition coefficient (Wildman–Crippen LogP) is 8.60. The Bertz CT molecular complexity index is 466. The number of nitrogens with two attached hydrogens (primary N) is 1. The van der Waals surface area contributed by atoms with Gasteiger partial charge in [-0.25, -0.2) is 0 Å². The molecule has 0 aliphatic carbocycles. The Hall–Kier alpha value is -0.900. The fraction of sp³-hybridized carbons (Fsp3) is 0.931. The van der Waals surface area contributed by atoms with Gasteiger partial charge in [-0.05, 0) is 12.8 Å². The summed E-state index contributed by atoms with van der Waals surface area (Å²) < 4.78 is 0. The second-order valence-electron chi connectivity index (χ2n) is 10.2. The van der Waals surface area contributed by atoms with Crippen LogP contribution in [0.4, 0.5) is 0 Å². The van der Waals surface area contributed by atoms with Crippen molar-refractivity contribution in [3.8, 4) is 0 Å². The molecule has 3 N–H and O–H groups in total. The van der Waals surface area contributed by atoms with E-state index in [4.69, 9.17) is 5.73 Å². The third-order valence-corrected chi connectivity index (χ3v) is 7.26. The zero-order chi connectivity index (χ0) is 24.6. The lowest BCUT2D eigenvalue weighted by Gasteiger charge is -2.26. The number of hydrogen-bond acceptors (Lipinski definition) is 3. The van der Waals surface area contributed by atoms with Crippen molar-refractivity contribution in [2.45, 2.75) is 162 Å². The summed E-state index contributed by atoms with van der Waals surface area (Å²) in [5.74, 6) is -1.17. The van der Waals surface area contributed by atoms with Crippen LogP contribution < -0.4 is 5.73 Å². The van der Waals surface area contributed by atoms with Gasteiger partial charge in [0, 0.05) is 13.0 Å². The lowest BCUT2D eigenvalue weighted by molar-refractivity contribution is -0.155. The normalized spacial score (nSPS) is 13.2. The van der Waals surface area contributed by atoms with E-state index < -0.39 is 11.4 Å². The van der Waals surface area contributed by atoms with Crippen LogP contribution in [-0.4, -0.2) is 23.4 Å². The highest BCUT2D eigenvalue weighted by Crippen LogP contribution is 2.29. The summed E-state index contributed by atoms with van der Waals surface area (Å²) >= 11 is 0. The molecule has 0 aromatic carbocycles. The lowest BCUT2D eigenvalue weighted by Crippen LogP contribution is -2.45. The number of carboxylic acids is 1. The Morgan fingerprint density at radius 1 is 0.576 bits per heavy atom. The molecular formula is C29H57NO3. The van der Waals surface area contributed by atoms with Gasteiger partial charge in [0.15, 0.2) is 5.78 Å². The molecule has 4 nitrogen and oxygen atoms in total. The highest BCUT2D eigenvalue weighted by atomic mass is 16.4. The number of carbonyl (C=O) groups is 2. The molecule has 196 valence electrons. The van der Waals surface area contributed by atoms with Crippen LogP contribution in [0.2, 0.25) is 0 Å². The second kappa shape index (κ2) is 22.9. The maximum atomic E-state index is 12.8. The summed E-state index contributed by atoms with van der Waals surface area (Å²) in [7, 11) is 0. The fourth-order valence-corrected chi connectivity index (χ4v) is 4.77. The molecule has 0 radical (unpaired) electrons. The van der Waals surface area contributed by atoms with E-state index >= 15 is 0 Å². The maximum absolute atomic E-state index is 12.8. The second-order valence-corrected chi connectivity index (χ2v) is 10.2. The van der Waals surface area contributed by atoms with Crippen molar-refractivity contribution >= 4 is 11.8 Å². The van der Waals surface area contributed by atoms with Gasteiger partial charge in [-0.2, -0.15) is 0 Å². The van der Waals surface area contributed by atoms with Crippen LogP contribution >= 0.6 is 0 Å². The van der Waals surface area contributed by atoms with E-state index in [1.54, 1.807) is 0 Å². The highest BCUT2D eigenvalue weighted by molar-refractivity contribution is 6.03. The lowest BCUT2D eigenvalue weighted by atomic mass is 9.76. The van der Waals surface area contributed by atoms with Crippen LogP contribution in [0.5, 0.6) is 0 Å². The molecule has 0 spiro atoms. The van der Waals surface area contributed by atoms with Gasteiger partial charge >= 0.3 is 5.97 Å². The third-order valence-electron chi connectivity index (χ3n) is 7.26. The smallest absolute Gasteiger partial charge is 0.318 e. The molecule has 0 fully saturated rings. The molecule has 4 heteroatoms. The SMILES string of the molecule is CCCCCCCCCCCCCC(=O)C(CN)(CCCCCCCCCCCC)C(=O)O.